The second-order valence-electron chi connectivity index (χ2n) is 7.00. The van der Waals surface area contributed by atoms with Crippen LogP contribution in [-0.4, -0.2) is 54.4 Å². The Morgan fingerprint density at radius 1 is 1.39 bits per heavy atom. The summed E-state index contributed by atoms with van der Waals surface area (Å²) in [6, 6.07) is 9.90. The highest BCUT2D eigenvalue weighted by molar-refractivity contribution is 5.74. The van der Waals surface area contributed by atoms with Gasteiger partial charge in [0, 0.05) is 30.6 Å². The average Bonchev–Trinajstić information content (AvgIpc) is 2.85. The van der Waals surface area contributed by atoms with E-state index in [4.69, 9.17) is 0 Å². The van der Waals surface area contributed by atoms with Crippen molar-refractivity contribution < 1.29 is 9.90 Å². The maximum atomic E-state index is 12.2. The highest BCUT2D eigenvalue weighted by Crippen LogP contribution is 2.44. The van der Waals surface area contributed by atoms with Gasteiger partial charge in [-0.1, -0.05) is 30.3 Å². The monoisotopic (exact) mass is 317 g/mol. The smallest absolute Gasteiger partial charge is 0.315 e. The van der Waals surface area contributed by atoms with E-state index < -0.39 is 0 Å². The number of likely N-dealkylation sites (N-methyl/N-ethyl adjacent to an activating group) is 1. The van der Waals surface area contributed by atoms with Gasteiger partial charge in [0.25, 0.3) is 0 Å². The van der Waals surface area contributed by atoms with Crippen molar-refractivity contribution in [3.63, 3.8) is 0 Å². The largest absolute Gasteiger partial charge is 0.396 e. The molecule has 1 aliphatic heterocycles. The van der Waals surface area contributed by atoms with E-state index in [1.165, 1.54) is 19.3 Å². The van der Waals surface area contributed by atoms with Crippen LogP contribution >= 0.6 is 0 Å². The number of benzene rings is 1. The summed E-state index contributed by atoms with van der Waals surface area (Å²) in [7, 11) is 2.16. The van der Waals surface area contributed by atoms with E-state index >= 15 is 0 Å². The van der Waals surface area contributed by atoms with Crippen LogP contribution in [0.25, 0.3) is 0 Å². The SMILES string of the molecule is CN1CC(NC(=O)NCC(CO)c2ccccc2)CC12CCC2. The van der Waals surface area contributed by atoms with Gasteiger partial charge in [0.05, 0.1) is 6.61 Å². The number of hydrogen-bond donors (Lipinski definition) is 3. The van der Waals surface area contributed by atoms with E-state index in [0.29, 0.717) is 12.1 Å². The van der Waals surface area contributed by atoms with Gasteiger partial charge < -0.3 is 15.7 Å². The van der Waals surface area contributed by atoms with Crippen LogP contribution < -0.4 is 10.6 Å². The zero-order chi connectivity index (χ0) is 16.3. The molecule has 1 spiro atoms. The third-order valence-corrected chi connectivity index (χ3v) is 5.55. The van der Waals surface area contributed by atoms with Crippen LogP contribution in [0.5, 0.6) is 0 Å². The molecule has 0 aromatic heterocycles. The summed E-state index contributed by atoms with van der Waals surface area (Å²) in [6.45, 7) is 1.40. The van der Waals surface area contributed by atoms with Crippen molar-refractivity contribution in [3.05, 3.63) is 35.9 Å². The number of likely N-dealkylation sites (tertiary alicyclic amines) is 1. The lowest BCUT2D eigenvalue weighted by Gasteiger charge is -2.44. The van der Waals surface area contributed by atoms with Gasteiger partial charge in [-0.3, -0.25) is 4.90 Å². The van der Waals surface area contributed by atoms with Gasteiger partial charge in [0.15, 0.2) is 0 Å². The lowest BCUT2D eigenvalue weighted by atomic mass is 9.74. The normalized spacial score (nSPS) is 24.2. The van der Waals surface area contributed by atoms with Gasteiger partial charge >= 0.3 is 6.03 Å². The molecule has 1 aromatic rings. The fraction of sp³-hybridized carbons (Fsp3) is 0.611. The Kier molecular flexibility index (Phi) is 4.87. The van der Waals surface area contributed by atoms with Crippen molar-refractivity contribution in [2.24, 2.45) is 0 Å². The number of amides is 2. The number of urea groups is 1. The van der Waals surface area contributed by atoms with Crippen LogP contribution in [0.4, 0.5) is 4.79 Å². The molecule has 126 valence electrons. The van der Waals surface area contributed by atoms with Crippen molar-refractivity contribution in [2.45, 2.75) is 43.2 Å². The fourth-order valence-corrected chi connectivity index (χ4v) is 3.94. The van der Waals surface area contributed by atoms with Gasteiger partial charge in [0.2, 0.25) is 0 Å². The molecule has 2 amide bonds. The topological polar surface area (TPSA) is 64.6 Å². The van der Waals surface area contributed by atoms with Crippen molar-refractivity contribution in [1.82, 2.24) is 15.5 Å². The zero-order valence-corrected chi connectivity index (χ0v) is 13.8. The van der Waals surface area contributed by atoms with Crippen molar-refractivity contribution >= 4 is 6.03 Å². The summed E-state index contributed by atoms with van der Waals surface area (Å²) in [5.41, 5.74) is 1.39. The lowest BCUT2D eigenvalue weighted by molar-refractivity contribution is 0.0801. The van der Waals surface area contributed by atoms with E-state index in [2.05, 4.69) is 22.6 Å². The molecule has 1 heterocycles. The van der Waals surface area contributed by atoms with Crippen LogP contribution in [0, 0.1) is 0 Å². The van der Waals surface area contributed by atoms with Gasteiger partial charge in [0.1, 0.15) is 0 Å². The van der Waals surface area contributed by atoms with Crippen LogP contribution in [0.1, 0.15) is 37.2 Å². The van der Waals surface area contributed by atoms with E-state index in [-0.39, 0.29) is 24.6 Å². The number of carbonyl (C=O) groups is 1. The van der Waals surface area contributed by atoms with Gasteiger partial charge in [-0.25, -0.2) is 4.79 Å². The molecule has 0 radical (unpaired) electrons. The minimum Gasteiger partial charge on any atom is -0.396 e. The molecule has 23 heavy (non-hydrogen) atoms. The number of nitrogens with one attached hydrogen (secondary N) is 2. The number of aliphatic hydroxyl groups excluding tert-OH is 1. The molecule has 2 fully saturated rings. The van der Waals surface area contributed by atoms with Gasteiger partial charge in [-0.15, -0.1) is 0 Å². The fourth-order valence-electron chi connectivity index (χ4n) is 3.94. The highest BCUT2D eigenvalue weighted by atomic mass is 16.3. The Labute approximate surface area is 138 Å². The van der Waals surface area contributed by atoms with E-state index in [1.54, 1.807) is 0 Å². The first-order valence-electron chi connectivity index (χ1n) is 8.54. The summed E-state index contributed by atoms with van der Waals surface area (Å²) in [6.07, 6.45) is 4.87. The van der Waals surface area contributed by atoms with Crippen LogP contribution in [0.3, 0.4) is 0 Å². The van der Waals surface area contributed by atoms with Crippen LogP contribution in [0.2, 0.25) is 0 Å². The molecule has 2 atom stereocenters. The Morgan fingerprint density at radius 3 is 2.70 bits per heavy atom. The van der Waals surface area contributed by atoms with Crippen LogP contribution in [-0.2, 0) is 0 Å². The first-order valence-corrected chi connectivity index (χ1v) is 8.54. The number of nitrogens with zero attached hydrogens (tertiary/aromatic N) is 1. The first-order chi connectivity index (χ1) is 11.1. The molecule has 2 unspecified atom stereocenters. The van der Waals surface area contributed by atoms with E-state index in [0.717, 1.165) is 18.5 Å². The number of hydrogen-bond acceptors (Lipinski definition) is 3. The summed E-state index contributed by atoms with van der Waals surface area (Å²) in [4.78, 5) is 14.6. The standard InChI is InChI=1S/C18H27N3O2/c1-21-12-16(10-18(21)8-5-9-18)20-17(23)19-11-15(13-22)14-6-3-2-4-7-14/h2-4,6-7,15-16,22H,5,8-13H2,1H3,(H2,19,20,23). The predicted molar refractivity (Wildman–Crippen MR) is 90.4 cm³/mol. The minimum absolute atomic E-state index is 0.0274. The Bertz CT molecular complexity index is 530. The molecule has 1 aromatic carbocycles. The molecule has 3 rings (SSSR count). The number of carbonyl (C=O) groups excluding carboxylic acids is 1. The number of aliphatic hydroxyl groups is 1. The average molecular weight is 317 g/mol. The molecule has 5 nitrogen and oxygen atoms in total. The quantitative estimate of drug-likeness (QED) is 0.774. The summed E-state index contributed by atoms with van der Waals surface area (Å²) < 4.78 is 0. The maximum Gasteiger partial charge on any atom is 0.315 e. The molecule has 1 saturated carbocycles. The molecule has 2 aliphatic rings. The second-order valence-corrected chi connectivity index (χ2v) is 7.00. The Balaban J connectivity index is 1.46. The van der Waals surface area contributed by atoms with Crippen molar-refractivity contribution in [2.75, 3.05) is 26.7 Å². The minimum atomic E-state index is -0.130. The number of rotatable bonds is 5. The molecule has 1 aliphatic carbocycles. The second kappa shape index (κ2) is 6.89. The molecular weight excluding hydrogens is 290 g/mol. The summed E-state index contributed by atoms with van der Waals surface area (Å²) in [5, 5.41) is 15.5. The first kappa shape index (κ1) is 16.3. The van der Waals surface area contributed by atoms with Gasteiger partial charge in [-0.05, 0) is 38.3 Å². The molecule has 1 saturated heterocycles. The third-order valence-electron chi connectivity index (χ3n) is 5.55. The molecule has 5 heteroatoms. The predicted octanol–water partition coefficient (Wildman–Crippen LogP) is 1.69. The maximum absolute atomic E-state index is 12.2. The molecule has 3 N–H and O–H groups in total. The Hall–Kier alpha value is -1.59. The third kappa shape index (κ3) is 3.51. The van der Waals surface area contributed by atoms with Gasteiger partial charge in [-0.2, -0.15) is 0 Å². The zero-order valence-electron chi connectivity index (χ0n) is 13.8. The summed E-state index contributed by atoms with van der Waals surface area (Å²) in [5.74, 6) is -0.0637. The van der Waals surface area contributed by atoms with Crippen molar-refractivity contribution in [3.8, 4) is 0 Å². The molecular formula is C18H27N3O2. The molecule has 0 bridgehead atoms. The lowest BCUT2D eigenvalue weighted by Crippen LogP contribution is -2.47. The van der Waals surface area contributed by atoms with E-state index in [9.17, 15) is 9.90 Å². The van der Waals surface area contributed by atoms with E-state index in [1.807, 2.05) is 30.3 Å². The highest BCUT2D eigenvalue weighted by Gasteiger charge is 2.47. The summed E-state index contributed by atoms with van der Waals surface area (Å²) >= 11 is 0. The van der Waals surface area contributed by atoms with Crippen molar-refractivity contribution in [1.29, 1.82) is 0 Å². The Morgan fingerprint density at radius 2 is 2.13 bits per heavy atom. The van der Waals surface area contributed by atoms with Crippen LogP contribution in [0.15, 0.2) is 30.3 Å².